The topological polar surface area (TPSA) is 71.5 Å². The first-order valence-electron chi connectivity index (χ1n) is 9.52. The zero-order valence-electron chi connectivity index (χ0n) is 17.0. The second-order valence-corrected chi connectivity index (χ2v) is 7.89. The summed E-state index contributed by atoms with van der Waals surface area (Å²) in [4.78, 5) is 32.8. The number of nitrogens with zero attached hydrogens (tertiary/aromatic N) is 2. The van der Waals surface area contributed by atoms with Gasteiger partial charge in [0.2, 0.25) is 11.8 Å². The fourth-order valence-corrected chi connectivity index (χ4v) is 3.81. The van der Waals surface area contributed by atoms with Gasteiger partial charge in [0, 0.05) is 25.1 Å². The van der Waals surface area contributed by atoms with Gasteiger partial charge in [-0.25, -0.2) is 4.98 Å². The van der Waals surface area contributed by atoms with E-state index in [2.05, 4.69) is 10.3 Å². The van der Waals surface area contributed by atoms with Crippen LogP contribution in [0.3, 0.4) is 0 Å². The number of amides is 2. The minimum Gasteiger partial charge on any atom is -0.385 e. The Bertz CT molecular complexity index is 757. The molecule has 0 bridgehead atoms. The molecule has 0 aliphatic heterocycles. The monoisotopic (exact) mass is 403 g/mol. The summed E-state index contributed by atoms with van der Waals surface area (Å²) in [6, 6.07) is 9.71. The molecule has 2 amide bonds. The van der Waals surface area contributed by atoms with Gasteiger partial charge in [-0.15, -0.1) is 11.3 Å². The summed E-state index contributed by atoms with van der Waals surface area (Å²) in [5, 5.41) is 3.39. The smallest absolute Gasteiger partial charge is 0.245 e. The highest BCUT2D eigenvalue weighted by molar-refractivity contribution is 7.15. The third-order valence-electron chi connectivity index (χ3n) is 4.61. The van der Waals surface area contributed by atoms with Gasteiger partial charge in [-0.3, -0.25) is 9.59 Å². The molecule has 0 aliphatic rings. The zero-order valence-corrected chi connectivity index (χ0v) is 17.8. The van der Waals surface area contributed by atoms with Crippen LogP contribution in [-0.2, 0) is 14.3 Å². The second-order valence-electron chi connectivity index (χ2n) is 6.69. The van der Waals surface area contributed by atoms with Crippen LogP contribution in [-0.4, -0.2) is 48.5 Å². The minimum absolute atomic E-state index is 0.00353. The molecule has 1 aromatic carbocycles. The summed E-state index contributed by atoms with van der Waals surface area (Å²) < 4.78 is 5.11. The molecular weight excluding hydrogens is 374 g/mol. The molecule has 152 valence electrons. The third kappa shape index (κ3) is 6.14. The molecule has 1 heterocycles. The molecule has 1 atom stereocenters. The number of benzene rings is 1. The molecule has 0 saturated carbocycles. The largest absolute Gasteiger partial charge is 0.385 e. The molecule has 2 aromatic rings. The minimum atomic E-state index is -0.263. The number of hydrogen-bond donors (Lipinski definition) is 1. The van der Waals surface area contributed by atoms with Gasteiger partial charge in [-0.1, -0.05) is 37.3 Å². The van der Waals surface area contributed by atoms with Gasteiger partial charge >= 0.3 is 0 Å². The fourth-order valence-electron chi connectivity index (χ4n) is 2.98. The van der Waals surface area contributed by atoms with Crippen molar-refractivity contribution >= 4 is 28.3 Å². The van der Waals surface area contributed by atoms with Crippen molar-refractivity contribution in [3.05, 3.63) is 46.5 Å². The molecular formula is C21H29N3O3S. The number of anilines is 1. The van der Waals surface area contributed by atoms with E-state index in [-0.39, 0.29) is 24.3 Å². The van der Waals surface area contributed by atoms with E-state index < -0.39 is 0 Å². The lowest BCUT2D eigenvalue weighted by atomic mass is 9.95. The van der Waals surface area contributed by atoms with Gasteiger partial charge in [0.25, 0.3) is 0 Å². The van der Waals surface area contributed by atoms with Crippen molar-refractivity contribution in [2.75, 3.05) is 32.1 Å². The lowest BCUT2D eigenvalue weighted by Gasteiger charge is -2.26. The van der Waals surface area contributed by atoms with Crippen molar-refractivity contribution in [3.63, 3.8) is 0 Å². The third-order valence-corrected chi connectivity index (χ3v) is 5.59. The number of ether oxygens (including phenoxy) is 1. The number of rotatable bonds is 10. The summed E-state index contributed by atoms with van der Waals surface area (Å²) in [6.45, 7) is 6.88. The number of hydrogen-bond acceptors (Lipinski definition) is 5. The maximum Gasteiger partial charge on any atom is 0.245 e. The number of methoxy groups -OCH3 is 1. The average molecular weight is 404 g/mol. The molecule has 6 nitrogen and oxygen atoms in total. The molecule has 1 aromatic heterocycles. The van der Waals surface area contributed by atoms with Crippen LogP contribution < -0.4 is 5.32 Å². The van der Waals surface area contributed by atoms with Crippen LogP contribution in [0.15, 0.2) is 30.3 Å². The molecule has 2 rings (SSSR count). The Morgan fingerprint density at radius 3 is 2.54 bits per heavy atom. The molecule has 0 aliphatic carbocycles. The van der Waals surface area contributed by atoms with E-state index in [1.54, 1.807) is 12.0 Å². The first-order chi connectivity index (χ1) is 13.5. The Labute approximate surface area is 170 Å². The molecule has 0 spiro atoms. The standard InChI is InChI=1S/C21H29N3O3S/c1-5-18(17-10-7-6-8-11-17)20(26)24(12-9-13-27-4)14-19(25)23-21-22-15(2)16(3)28-21/h6-8,10-11,18H,5,9,12-14H2,1-4H3,(H,22,23,25). The number of aromatic nitrogens is 1. The molecule has 0 radical (unpaired) electrons. The van der Waals surface area contributed by atoms with E-state index >= 15 is 0 Å². The molecule has 0 saturated heterocycles. The van der Waals surface area contributed by atoms with Crippen LogP contribution in [0.25, 0.3) is 0 Å². The predicted molar refractivity (Wildman–Crippen MR) is 113 cm³/mol. The van der Waals surface area contributed by atoms with Crippen molar-refractivity contribution in [2.45, 2.75) is 39.5 Å². The van der Waals surface area contributed by atoms with Crippen LogP contribution in [0.4, 0.5) is 5.13 Å². The highest BCUT2D eigenvalue weighted by atomic mass is 32.1. The molecule has 28 heavy (non-hydrogen) atoms. The highest BCUT2D eigenvalue weighted by Gasteiger charge is 2.26. The van der Waals surface area contributed by atoms with Gasteiger partial charge in [-0.05, 0) is 32.3 Å². The van der Waals surface area contributed by atoms with Crippen LogP contribution >= 0.6 is 11.3 Å². The maximum atomic E-state index is 13.2. The highest BCUT2D eigenvalue weighted by Crippen LogP contribution is 2.23. The summed E-state index contributed by atoms with van der Waals surface area (Å²) in [5.41, 5.74) is 1.88. The summed E-state index contributed by atoms with van der Waals surface area (Å²) >= 11 is 1.44. The van der Waals surface area contributed by atoms with E-state index in [4.69, 9.17) is 4.74 Å². The SMILES string of the molecule is CCC(C(=O)N(CCCOC)CC(=O)Nc1nc(C)c(C)s1)c1ccccc1. The molecule has 1 unspecified atom stereocenters. The number of carbonyl (C=O) groups excluding carboxylic acids is 2. The van der Waals surface area contributed by atoms with Crippen molar-refractivity contribution in [1.29, 1.82) is 0 Å². The quantitative estimate of drug-likeness (QED) is 0.613. The number of thiazole rings is 1. The lowest BCUT2D eigenvalue weighted by molar-refractivity contribution is -0.136. The lowest BCUT2D eigenvalue weighted by Crippen LogP contribution is -2.41. The first kappa shape index (κ1) is 22.0. The predicted octanol–water partition coefficient (Wildman–Crippen LogP) is 3.76. The Kier molecular flexibility index (Phi) is 8.60. The summed E-state index contributed by atoms with van der Waals surface area (Å²) in [6.07, 6.45) is 1.35. The van der Waals surface area contributed by atoms with E-state index in [9.17, 15) is 9.59 Å². The van der Waals surface area contributed by atoms with Crippen LogP contribution in [0, 0.1) is 13.8 Å². The Hall–Kier alpha value is -2.25. The molecule has 0 fully saturated rings. The summed E-state index contributed by atoms with van der Waals surface area (Å²) in [7, 11) is 1.63. The van der Waals surface area contributed by atoms with Gasteiger partial charge in [0.1, 0.15) is 0 Å². The van der Waals surface area contributed by atoms with Gasteiger partial charge in [-0.2, -0.15) is 0 Å². The number of carbonyl (C=O) groups is 2. The molecule has 1 N–H and O–H groups in total. The maximum absolute atomic E-state index is 13.2. The first-order valence-corrected chi connectivity index (χ1v) is 10.3. The van der Waals surface area contributed by atoms with Crippen molar-refractivity contribution in [2.24, 2.45) is 0 Å². The summed E-state index contributed by atoms with van der Waals surface area (Å²) in [5.74, 6) is -0.533. The van der Waals surface area contributed by atoms with Crippen LogP contribution in [0.1, 0.15) is 41.8 Å². The zero-order chi connectivity index (χ0) is 20.5. The van der Waals surface area contributed by atoms with Gasteiger partial charge in [0.15, 0.2) is 5.13 Å². The van der Waals surface area contributed by atoms with Crippen molar-refractivity contribution in [3.8, 4) is 0 Å². The Morgan fingerprint density at radius 1 is 1.25 bits per heavy atom. The van der Waals surface area contributed by atoms with E-state index in [1.807, 2.05) is 51.1 Å². The Morgan fingerprint density at radius 2 is 1.96 bits per heavy atom. The normalized spacial score (nSPS) is 11.9. The van der Waals surface area contributed by atoms with E-state index in [1.165, 1.54) is 11.3 Å². The van der Waals surface area contributed by atoms with Gasteiger partial charge < -0.3 is 15.0 Å². The van der Waals surface area contributed by atoms with Crippen molar-refractivity contribution in [1.82, 2.24) is 9.88 Å². The Balaban J connectivity index is 2.10. The average Bonchev–Trinajstić information content (AvgIpc) is 2.99. The van der Waals surface area contributed by atoms with Gasteiger partial charge in [0.05, 0.1) is 18.2 Å². The van der Waals surface area contributed by atoms with E-state index in [0.29, 0.717) is 31.1 Å². The molecule has 7 heteroatoms. The van der Waals surface area contributed by atoms with E-state index in [0.717, 1.165) is 16.1 Å². The van der Waals surface area contributed by atoms with Crippen molar-refractivity contribution < 1.29 is 14.3 Å². The number of nitrogens with one attached hydrogen (secondary N) is 1. The van der Waals surface area contributed by atoms with Crippen LogP contribution in [0.2, 0.25) is 0 Å². The number of aryl methyl sites for hydroxylation is 2. The van der Waals surface area contributed by atoms with Crippen LogP contribution in [0.5, 0.6) is 0 Å². The fraction of sp³-hybridized carbons (Fsp3) is 0.476. The second kappa shape index (κ2) is 10.9.